The molecule has 1 aliphatic carbocycles. The number of amides is 1. The number of nitrogens with one attached hydrogen (secondary N) is 1. The van der Waals surface area contributed by atoms with Crippen molar-refractivity contribution in [2.24, 2.45) is 5.41 Å². The molecule has 0 fully saturated rings. The highest BCUT2D eigenvalue weighted by Gasteiger charge is 2.45. The largest absolute Gasteiger partial charge is 0.481 e. The molecule has 0 bridgehead atoms. The minimum atomic E-state index is -0.961. The van der Waals surface area contributed by atoms with Crippen LogP contribution in [0.2, 0.25) is 0 Å². The molecule has 0 unspecified atom stereocenters. The Hall–Kier alpha value is -2.38. The molecule has 4 rings (SSSR count). The Labute approximate surface area is 165 Å². The zero-order valence-corrected chi connectivity index (χ0v) is 16.1. The van der Waals surface area contributed by atoms with Gasteiger partial charge in [0.1, 0.15) is 5.01 Å². The van der Waals surface area contributed by atoms with E-state index in [0.29, 0.717) is 12.8 Å². The van der Waals surface area contributed by atoms with E-state index in [-0.39, 0.29) is 18.9 Å². The molecule has 7 heteroatoms. The maximum Gasteiger partial charge on any atom is 0.304 e. The number of hydrogen-bond donors (Lipinski definition) is 3. The first-order valence-corrected chi connectivity index (χ1v) is 9.87. The van der Waals surface area contributed by atoms with Gasteiger partial charge in [0, 0.05) is 4.90 Å². The molecule has 1 amide bonds. The van der Waals surface area contributed by atoms with Gasteiger partial charge in [-0.25, -0.2) is 4.98 Å². The summed E-state index contributed by atoms with van der Waals surface area (Å²) in [6, 6.07) is 13.5. The van der Waals surface area contributed by atoms with Crippen LogP contribution in [0, 0.1) is 5.41 Å². The van der Waals surface area contributed by atoms with Crippen molar-refractivity contribution in [3.8, 4) is 0 Å². The number of para-hydroxylation sites is 1. The molecule has 1 aliphatic rings. The Balaban J connectivity index is 1.54. The summed E-state index contributed by atoms with van der Waals surface area (Å²) in [5, 5.41) is 13.1. The predicted octanol–water partition coefficient (Wildman–Crippen LogP) is 3.46. The molecular weight excluding hydrogens is 380 g/mol. The topological polar surface area (TPSA) is 79.3 Å². The molecule has 2 N–H and O–H groups in total. The van der Waals surface area contributed by atoms with Crippen LogP contribution in [0.4, 0.5) is 0 Å². The number of hydrogen-bond acceptors (Lipinski definition) is 5. The van der Waals surface area contributed by atoms with Crippen LogP contribution < -0.4 is 5.32 Å². The van der Waals surface area contributed by atoms with E-state index < -0.39 is 11.4 Å². The van der Waals surface area contributed by atoms with Gasteiger partial charge in [-0.3, -0.25) is 9.59 Å². The normalized spacial score (nSPS) is 14.9. The van der Waals surface area contributed by atoms with E-state index in [1.54, 1.807) is 0 Å². The van der Waals surface area contributed by atoms with E-state index in [2.05, 4.69) is 22.9 Å². The summed E-state index contributed by atoms with van der Waals surface area (Å²) in [4.78, 5) is 29.8. The van der Waals surface area contributed by atoms with Gasteiger partial charge in [-0.2, -0.15) is 0 Å². The maximum atomic E-state index is 13.0. The summed E-state index contributed by atoms with van der Waals surface area (Å²) in [6.07, 6.45) is 0.706. The van der Waals surface area contributed by atoms with Crippen molar-refractivity contribution < 1.29 is 14.7 Å². The summed E-state index contributed by atoms with van der Waals surface area (Å²) < 4.78 is 1.01. The molecule has 1 aromatic heterocycles. The zero-order chi connectivity index (χ0) is 19.0. The fourth-order valence-corrected chi connectivity index (χ4v) is 5.01. The summed E-state index contributed by atoms with van der Waals surface area (Å²) in [5.41, 5.74) is 1.98. The van der Waals surface area contributed by atoms with Crippen molar-refractivity contribution >= 4 is 46.1 Å². The fraction of sp³-hybridized carbons (Fsp3) is 0.250. The van der Waals surface area contributed by atoms with Crippen molar-refractivity contribution in [3.63, 3.8) is 0 Å². The van der Waals surface area contributed by atoms with E-state index in [4.69, 9.17) is 0 Å². The highest BCUT2D eigenvalue weighted by molar-refractivity contribution is 7.80. The summed E-state index contributed by atoms with van der Waals surface area (Å²) in [5.74, 6) is -1.19. The predicted molar refractivity (Wildman–Crippen MR) is 107 cm³/mol. The lowest BCUT2D eigenvalue weighted by molar-refractivity contribution is -0.145. The second kappa shape index (κ2) is 6.98. The van der Waals surface area contributed by atoms with Gasteiger partial charge in [0.15, 0.2) is 0 Å². The number of benzene rings is 2. The molecule has 1 heterocycles. The number of nitrogens with zero attached hydrogens (tertiary/aromatic N) is 1. The third-order valence-corrected chi connectivity index (χ3v) is 6.37. The first-order chi connectivity index (χ1) is 13.0. The molecule has 2 aromatic carbocycles. The Kier molecular flexibility index (Phi) is 4.65. The molecule has 27 heavy (non-hydrogen) atoms. The average Bonchev–Trinajstić information content (AvgIpc) is 3.21. The van der Waals surface area contributed by atoms with E-state index in [9.17, 15) is 14.7 Å². The number of aliphatic carboxylic acids is 1. The molecule has 3 aromatic rings. The minimum absolute atomic E-state index is 0.186. The third-order valence-electron chi connectivity index (χ3n) is 4.99. The van der Waals surface area contributed by atoms with Gasteiger partial charge in [0.2, 0.25) is 5.91 Å². The number of fused-ring (bicyclic) bond motifs is 2. The summed E-state index contributed by atoms with van der Waals surface area (Å²) in [6.45, 7) is 0.281. The van der Waals surface area contributed by atoms with Gasteiger partial charge in [0.25, 0.3) is 0 Å². The van der Waals surface area contributed by atoms with Gasteiger partial charge in [-0.15, -0.1) is 24.0 Å². The molecule has 0 saturated carbocycles. The van der Waals surface area contributed by atoms with E-state index in [0.717, 1.165) is 31.2 Å². The quantitative estimate of drug-likeness (QED) is 0.575. The van der Waals surface area contributed by atoms with Gasteiger partial charge >= 0.3 is 5.97 Å². The van der Waals surface area contributed by atoms with Gasteiger partial charge in [-0.05, 0) is 36.1 Å². The lowest BCUT2D eigenvalue weighted by Crippen LogP contribution is -2.43. The molecule has 0 radical (unpaired) electrons. The Morgan fingerprint density at radius 2 is 1.85 bits per heavy atom. The van der Waals surface area contributed by atoms with Crippen molar-refractivity contribution in [1.29, 1.82) is 0 Å². The SMILES string of the molecule is O=C(O)CC1(C(=O)NCc2nc3c(S)cccc3s2)Cc2ccccc2C1. The fourth-order valence-electron chi connectivity index (χ4n) is 3.75. The van der Waals surface area contributed by atoms with Crippen LogP contribution in [0.3, 0.4) is 0 Å². The van der Waals surface area contributed by atoms with Gasteiger partial charge in [-0.1, -0.05) is 30.3 Å². The van der Waals surface area contributed by atoms with Crippen LogP contribution in [-0.4, -0.2) is 22.0 Å². The zero-order valence-electron chi connectivity index (χ0n) is 14.4. The van der Waals surface area contributed by atoms with Crippen LogP contribution in [-0.2, 0) is 29.0 Å². The van der Waals surface area contributed by atoms with Crippen LogP contribution in [0.5, 0.6) is 0 Å². The average molecular weight is 399 g/mol. The second-order valence-corrected chi connectivity index (χ2v) is 8.48. The number of carboxylic acids is 1. The van der Waals surface area contributed by atoms with Crippen molar-refractivity contribution in [2.45, 2.75) is 30.7 Å². The molecular formula is C20H18N2O3S2. The second-order valence-electron chi connectivity index (χ2n) is 6.89. The minimum Gasteiger partial charge on any atom is -0.481 e. The smallest absolute Gasteiger partial charge is 0.304 e. The van der Waals surface area contributed by atoms with Crippen LogP contribution in [0.15, 0.2) is 47.4 Å². The van der Waals surface area contributed by atoms with E-state index in [1.807, 2.05) is 42.5 Å². The molecule has 138 valence electrons. The number of carboxylic acid groups (broad SMARTS) is 1. The first-order valence-electron chi connectivity index (χ1n) is 8.61. The van der Waals surface area contributed by atoms with Gasteiger partial charge in [0.05, 0.1) is 28.6 Å². The number of thiol groups is 1. The highest BCUT2D eigenvalue weighted by atomic mass is 32.1. The van der Waals surface area contributed by atoms with Gasteiger partial charge < -0.3 is 10.4 Å². The first kappa shape index (κ1) is 18.0. The van der Waals surface area contributed by atoms with Crippen LogP contribution in [0.1, 0.15) is 22.6 Å². The molecule has 0 spiro atoms. The lowest BCUT2D eigenvalue weighted by Gasteiger charge is -2.25. The van der Waals surface area contributed by atoms with E-state index >= 15 is 0 Å². The highest BCUT2D eigenvalue weighted by Crippen LogP contribution is 2.40. The van der Waals surface area contributed by atoms with Crippen molar-refractivity contribution in [3.05, 3.63) is 58.6 Å². The number of carbonyl (C=O) groups is 2. The third kappa shape index (κ3) is 3.44. The molecule has 0 atom stereocenters. The molecule has 0 saturated heterocycles. The van der Waals surface area contributed by atoms with Crippen molar-refractivity contribution in [1.82, 2.24) is 10.3 Å². The van der Waals surface area contributed by atoms with Crippen LogP contribution in [0.25, 0.3) is 10.2 Å². The number of carbonyl (C=O) groups excluding carboxylic acids is 1. The Morgan fingerprint density at radius 1 is 1.15 bits per heavy atom. The standard InChI is InChI=1S/C20H18N2O3S2/c23-17(24)10-20(8-12-4-1-2-5-13(12)9-20)19(25)21-11-16-22-18-14(26)6-3-7-15(18)27-16/h1-7,26H,8-11H2,(H,21,25)(H,23,24). The van der Waals surface area contributed by atoms with Crippen LogP contribution >= 0.6 is 24.0 Å². The maximum absolute atomic E-state index is 13.0. The van der Waals surface area contributed by atoms with E-state index in [1.165, 1.54) is 11.3 Å². The summed E-state index contributed by atoms with van der Waals surface area (Å²) in [7, 11) is 0. The Bertz CT molecular complexity index is 1020. The monoisotopic (exact) mass is 398 g/mol. The number of thiazole rings is 1. The summed E-state index contributed by atoms with van der Waals surface area (Å²) >= 11 is 5.92. The molecule has 5 nitrogen and oxygen atoms in total. The number of aromatic nitrogens is 1. The molecule has 0 aliphatic heterocycles. The Morgan fingerprint density at radius 3 is 2.48 bits per heavy atom. The number of rotatable bonds is 5. The van der Waals surface area contributed by atoms with Crippen molar-refractivity contribution in [2.75, 3.05) is 0 Å². The lowest BCUT2D eigenvalue weighted by atomic mass is 9.80.